The predicted octanol–water partition coefficient (Wildman–Crippen LogP) is 1.38. The zero-order valence-corrected chi connectivity index (χ0v) is 13.0. The summed E-state index contributed by atoms with van der Waals surface area (Å²) in [6, 6.07) is 7.07. The highest BCUT2D eigenvalue weighted by atomic mass is 16.6. The van der Waals surface area contributed by atoms with E-state index in [2.05, 4.69) is 5.92 Å². The Labute approximate surface area is 136 Å². The molecule has 1 N–H and O–H groups in total. The summed E-state index contributed by atoms with van der Waals surface area (Å²) in [4.78, 5) is 10.8. The monoisotopic (exact) mass is 322 g/mol. The fourth-order valence-electron chi connectivity index (χ4n) is 1.74. The summed E-state index contributed by atoms with van der Waals surface area (Å²) in [7, 11) is 0. The summed E-state index contributed by atoms with van der Waals surface area (Å²) in [5, 5.41) is 8.84. The Hall–Kier alpha value is -2.07. The Morgan fingerprint density at radius 2 is 1.61 bits per heavy atom. The predicted molar refractivity (Wildman–Crippen MR) is 84.6 cm³/mol. The van der Waals surface area contributed by atoms with Crippen LogP contribution >= 0.6 is 0 Å². The number of hydrogen-bond donors (Lipinski definition) is 1. The molecule has 0 aliphatic rings. The third kappa shape index (κ3) is 9.53. The number of rotatable bonds is 13. The molecule has 0 aliphatic heterocycles. The molecule has 126 valence electrons. The molecule has 1 aromatic rings. The Balaban J connectivity index is 2.05. The number of aliphatic carboxylic acids is 1. The number of carboxylic acid groups (broad SMARTS) is 1. The van der Waals surface area contributed by atoms with Crippen molar-refractivity contribution in [3.63, 3.8) is 0 Å². The molecule has 1 rings (SSSR count). The smallest absolute Gasteiger partial charge is 0.307 e. The van der Waals surface area contributed by atoms with Crippen LogP contribution in [0.4, 0.5) is 0 Å². The zero-order chi connectivity index (χ0) is 16.8. The summed E-state index contributed by atoms with van der Waals surface area (Å²) in [5.41, 5.74) is 0.648. The quantitative estimate of drug-likeness (QED) is 0.437. The van der Waals surface area contributed by atoms with Crippen LogP contribution in [0, 0.1) is 12.3 Å². The molecule has 6 heteroatoms. The first-order chi connectivity index (χ1) is 11.2. The lowest BCUT2D eigenvalue weighted by molar-refractivity contribution is -0.136. The van der Waals surface area contributed by atoms with Crippen molar-refractivity contribution in [3.8, 4) is 18.1 Å². The topological polar surface area (TPSA) is 74.2 Å². The van der Waals surface area contributed by atoms with Crippen LogP contribution in [0.15, 0.2) is 24.3 Å². The molecule has 0 saturated carbocycles. The van der Waals surface area contributed by atoms with Gasteiger partial charge in [0.1, 0.15) is 19.0 Å². The first-order valence-electron chi connectivity index (χ1n) is 7.33. The second-order valence-corrected chi connectivity index (χ2v) is 4.51. The first kappa shape index (κ1) is 19.0. The molecule has 0 amide bonds. The minimum Gasteiger partial charge on any atom is -0.491 e. The van der Waals surface area contributed by atoms with Gasteiger partial charge >= 0.3 is 5.97 Å². The molecule has 0 saturated heterocycles. The fraction of sp³-hybridized carbons (Fsp3) is 0.471. The SMILES string of the molecule is C#CCOCCOCCOCCOc1ccccc1CC(=O)O. The fourth-order valence-corrected chi connectivity index (χ4v) is 1.74. The van der Waals surface area contributed by atoms with Crippen molar-refractivity contribution in [3.05, 3.63) is 29.8 Å². The Bertz CT molecular complexity index is 494. The number of carbonyl (C=O) groups is 1. The number of terminal acetylenes is 1. The largest absolute Gasteiger partial charge is 0.491 e. The van der Waals surface area contributed by atoms with Crippen molar-refractivity contribution in [2.75, 3.05) is 46.2 Å². The normalized spacial score (nSPS) is 10.2. The highest BCUT2D eigenvalue weighted by Crippen LogP contribution is 2.18. The van der Waals surface area contributed by atoms with Gasteiger partial charge in [0.2, 0.25) is 0 Å². The van der Waals surface area contributed by atoms with Crippen molar-refractivity contribution in [1.29, 1.82) is 0 Å². The molecule has 23 heavy (non-hydrogen) atoms. The van der Waals surface area contributed by atoms with Gasteiger partial charge in [-0.15, -0.1) is 6.42 Å². The van der Waals surface area contributed by atoms with Gasteiger partial charge < -0.3 is 24.1 Å². The van der Waals surface area contributed by atoms with E-state index in [9.17, 15) is 4.79 Å². The van der Waals surface area contributed by atoms with Crippen molar-refractivity contribution < 1.29 is 28.8 Å². The minimum atomic E-state index is -0.888. The van der Waals surface area contributed by atoms with E-state index in [0.717, 1.165) is 0 Å². The molecule has 0 fully saturated rings. The average molecular weight is 322 g/mol. The summed E-state index contributed by atoms with van der Waals surface area (Å²) in [6.07, 6.45) is 4.97. The van der Waals surface area contributed by atoms with Crippen LogP contribution < -0.4 is 4.74 Å². The van der Waals surface area contributed by atoms with Crippen molar-refractivity contribution >= 4 is 5.97 Å². The summed E-state index contributed by atoms with van der Waals surface area (Å²) in [6.45, 7) is 2.91. The maximum absolute atomic E-state index is 10.8. The Kier molecular flexibility index (Phi) is 10.3. The van der Waals surface area contributed by atoms with Gasteiger partial charge in [0.25, 0.3) is 0 Å². The zero-order valence-electron chi connectivity index (χ0n) is 13.0. The molecule has 0 heterocycles. The molecule has 6 nitrogen and oxygen atoms in total. The van der Waals surface area contributed by atoms with Crippen molar-refractivity contribution in [2.45, 2.75) is 6.42 Å². The first-order valence-corrected chi connectivity index (χ1v) is 7.33. The molecule has 0 bridgehead atoms. The second kappa shape index (κ2) is 12.5. The third-order valence-corrected chi connectivity index (χ3v) is 2.73. The van der Waals surface area contributed by atoms with E-state index in [4.69, 9.17) is 30.5 Å². The Morgan fingerprint density at radius 3 is 2.26 bits per heavy atom. The maximum Gasteiger partial charge on any atom is 0.307 e. The number of ether oxygens (including phenoxy) is 4. The van der Waals surface area contributed by atoms with Gasteiger partial charge in [0, 0.05) is 5.56 Å². The van der Waals surface area contributed by atoms with E-state index in [1.165, 1.54) is 0 Å². The summed E-state index contributed by atoms with van der Waals surface area (Å²) in [5.74, 6) is 2.05. The summed E-state index contributed by atoms with van der Waals surface area (Å²) >= 11 is 0. The molecule has 0 unspecified atom stereocenters. The van der Waals surface area contributed by atoms with E-state index >= 15 is 0 Å². The average Bonchev–Trinajstić information content (AvgIpc) is 2.53. The number of hydrogen-bond acceptors (Lipinski definition) is 5. The van der Waals surface area contributed by atoms with Crippen LogP contribution in [0.25, 0.3) is 0 Å². The minimum absolute atomic E-state index is 0.0629. The number of benzene rings is 1. The lowest BCUT2D eigenvalue weighted by Gasteiger charge is -2.10. The van der Waals surface area contributed by atoms with Gasteiger partial charge in [-0.2, -0.15) is 0 Å². The van der Waals surface area contributed by atoms with Gasteiger partial charge in [0.05, 0.1) is 39.5 Å². The van der Waals surface area contributed by atoms with Crippen LogP contribution in [-0.4, -0.2) is 57.3 Å². The van der Waals surface area contributed by atoms with Crippen LogP contribution in [0.5, 0.6) is 5.75 Å². The number of carboxylic acids is 1. The lowest BCUT2D eigenvalue weighted by Crippen LogP contribution is -2.13. The van der Waals surface area contributed by atoms with Crippen molar-refractivity contribution in [2.24, 2.45) is 0 Å². The van der Waals surface area contributed by atoms with E-state index in [0.29, 0.717) is 57.6 Å². The van der Waals surface area contributed by atoms with Gasteiger partial charge in [-0.25, -0.2) is 0 Å². The molecule has 0 radical (unpaired) electrons. The standard InChI is InChI=1S/C17H22O6/c1-2-7-20-8-9-21-10-11-22-12-13-23-16-6-4-3-5-15(16)14-17(18)19/h1,3-6H,7-14H2,(H,18,19). The molecule has 0 aliphatic carbocycles. The van der Waals surface area contributed by atoms with Crippen LogP contribution in [0.1, 0.15) is 5.56 Å². The van der Waals surface area contributed by atoms with Crippen molar-refractivity contribution in [1.82, 2.24) is 0 Å². The van der Waals surface area contributed by atoms with Gasteiger partial charge in [-0.05, 0) is 6.07 Å². The van der Waals surface area contributed by atoms with E-state index in [1.807, 2.05) is 0 Å². The van der Waals surface area contributed by atoms with E-state index in [1.54, 1.807) is 24.3 Å². The van der Waals surface area contributed by atoms with Crippen LogP contribution in [0.2, 0.25) is 0 Å². The second-order valence-electron chi connectivity index (χ2n) is 4.51. The molecular weight excluding hydrogens is 300 g/mol. The highest BCUT2D eigenvalue weighted by Gasteiger charge is 2.06. The molecule has 0 spiro atoms. The van der Waals surface area contributed by atoms with Gasteiger partial charge in [-0.3, -0.25) is 4.79 Å². The van der Waals surface area contributed by atoms with E-state index < -0.39 is 5.97 Å². The summed E-state index contributed by atoms with van der Waals surface area (Å²) < 4.78 is 21.2. The third-order valence-electron chi connectivity index (χ3n) is 2.73. The Morgan fingerprint density at radius 1 is 1.00 bits per heavy atom. The molecule has 0 atom stereocenters. The number of para-hydroxylation sites is 1. The van der Waals surface area contributed by atoms with Crippen LogP contribution in [0.3, 0.4) is 0 Å². The van der Waals surface area contributed by atoms with Crippen LogP contribution in [-0.2, 0) is 25.4 Å². The lowest BCUT2D eigenvalue weighted by atomic mass is 10.1. The van der Waals surface area contributed by atoms with Gasteiger partial charge in [-0.1, -0.05) is 24.1 Å². The molecular formula is C17H22O6. The highest BCUT2D eigenvalue weighted by molar-refractivity contribution is 5.71. The van der Waals surface area contributed by atoms with E-state index in [-0.39, 0.29) is 6.42 Å². The molecule has 1 aromatic carbocycles. The molecule has 0 aromatic heterocycles. The van der Waals surface area contributed by atoms with Gasteiger partial charge in [0.15, 0.2) is 0 Å². The maximum atomic E-state index is 10.8.